The third-order valence-electron chi connectivity index (χ3n) is 7.22. The van der Waals surface area contributed by atoms with Gasteiger partial charge in [0.1, 0.15) is 12.6 Å². The lowest BCUT2D eigenvalue weighted by Crippen LogP contribution is -2.53. The summed E-state index contributed by atoms with van der Waals surface area (Å²) in [5.41, 5.74) is 4.89. The van der Waals surface area contributed by atoms with E-state index >= 15 is 0 Å². The number of aryl methyl sites for hydroxylation is 3. The standard InChI is InChI=1S/C34H37N3O4S/c1-25-15-18-29(19-16-25)23-36(32(34(39)35-4)22-28-11-7-5-8-12-28)33(38)24-37(31-20-17-26(2)21-27(31)3)42(40,41)30-13-9-6-10-14-30/h5-21,32H,22-24H2,1-4H3,(H,35,39)/t32-/m0/s1. The van der Waals surface area contributed by atoms with Crippen molar-refractivity contribution in [2.24, 2.45) is 0 Å². The summed E-state index contributed by atoms with van der Waals surface area (Å²) in [5, 5.41) is 2.71. The van der Waals surface area contributed by atoms with Crippen LogP contribution in [0.5, 0.6) is 0 Å². The SMILES string of the molecule is CNC(=O)[C@H](Cc1ccccc1)N(Cc1ccc(C)cc1)C(=O)CN(c1ccc(C)cc1C)S(=O)(=O)c1ccccc1. The first-order chi connectivity index (χ1) is 20.1. The lowest BCUT2D eigenvalue weighted by Gasteiger charge is -2.34. The van der Waals surface area contributed by atoms with Gasteiger partial charge in [-0.2, -0.15) is 0 Å². The zero-order chi connectivity index (χ0) is 30.3. The number of carbonyl (C=O) groups is 2. The summed E-state index contributed by atoms with van der Waals surface area (Å²) < 4.78 is 29.3. The fourth-order valence-corrected chi connectivity index (χ4v) is 6.43. The van der Waals surface area contributed by atoms with Gasteiger partial charge in [-0.25, -0.2) is 8.42 Å². The van der Waals surface area contributed by atoms with Crippen LogP contribution in [0.25, 0.3) is 0 Å². The van der Waals surface area contributed by atoms with Crippen LogP contribution in [0, 0.1) is 20.8 Å². The van der Waals surface area contributed by atoms with E-state index in [9.17, 15) is 18.0 Å². The maximum Gasteiger partial charge on any atom is 0.264 e. The molecule has 0 aliphatic carbocycles. The number of benzene rings is 4. The predicted molar refractivity (Wildman–Crippen MR) is 167 cm³/mol. The molecule has 0 radical (unpaired) electrons. The van der Waals surface area contributed by atoms with Gasteiger partial charge in [-0.3, -0.25) is 13.9 Å². The number of likely N-dealkylation sites (N-methyl/N-ethyl adjacent to an activating group) is 1. The summed E-state index contributed by atoms with van der Waals surface area (Å²) in [6, 6.07) is 29.9. The van der Waals surface area contributed by atoms with E-state index in [0.717, 1.165) is 32.1 Å². The molecule has 0 saturated heterocycles. The molecule has 0 unspecified atom stereocenters. The van der Waals surface area contributed by atoms with Crippen molar-refractivity contribution in [2.75, 3.05) is 17.9 Å². The maximum atomic E-state index is 14.3. The first-order valence-electron chi connectivity index (χ1n) is 13.9. The molecule has 0 heterocycles. The number of sulfonamides is 1. The van der Waals surface area contributed by atoms with Crippen LogP contribution in [0.4, 0.5) is 5.69 Å². The molecule has 0 aliphatic heterocycles. The van der Waals surface area contributed by atoms with Crippen LogP contribution < -0.4 is 9.62 Å². The molecule has 4 rings (SSSR count). The predicted octanol–water partition coefficient (Wildman–Crippen LogP) is 5.19. The van der Waals surface area contributed by atoms with E-state index < -0.39 is 28.5 Å². The van der Waals surface area contributed by atoms with Crippen LogP contribution in [-0.2, 0) is 32.6 Å². The van der Waals surface area contributed by atoms with Crippen molar-refractivity contribution in [3.05, 3.63) is 131 Å². The first-order valence-corrected chi connectivity index (χ1v) is 15.3. The molecular formula is C34H37N3O4S. The van der Waals surface area contributed by atoms with Crippen LogP contribution in [0.1, 0.15) is 27.8 Å². The van der Waals surface area contributed by atoms with Crippen molar-refractivity contribution < 1.29 is 18.0 Å². The minimum atomic E-state index is -4.12. The van der Waals surface area contributed by atoms with Crippen molar-refractivity contribution >= 4 is 27.5 Å². The topological polar surface area (TPSA) is 86.8 Å². The van der Waals surface area contributed by atoms with Crippen LogP contribution in [0.2, 0.25) is 0 Å². The quantitative estimate of drug-likeness (QED) is 0.263. The van der Waals surface area contributed by atoms with E-state index in [2.05, 4.69) is 5.32 Å². The Kier molecular flexibility index (Phi) is 9.80. The minimum Gasteiger partial charge on any atom is -0.357 e. The van der Waals surface area contributed by atoms with Crippen LogP contribution in [0.15, 0.2) is 108 Å². The summed E-state index contributed by atoms with van der Waals surface area (Å²) in [7, 11) is -2.58. The molecule has 0 saturated carbocycles. The molecule has 2 amide bonds. The Morgan fingerprint density at radius 2 is 1.36 bits per heavy atom. The van der Waals surface area contributed by atoms with Gasteiger partial charge in [0.15, 0.2) is 0 Å². The highest BCUT2D eigenvalue weighted by atomic mass is 32.2. The van der Waals surface area contributed by atoms with Crippen molar-refractivity contribution in [3.8, 4) is 0 Å². The number of nitrogens with zero attached hydrogens (tertiary/aromatic N) is 2. The molecular weight excluding hydrogens is 546 g/mol. The maximum absolute atomic E-state index is 14.3. The summed E-state index contributed by atoms with van der Waals surface area (Å²) in [4.78, 5) is 29.3. The zero-order valence-electron chi connectivity index (χ0n) is 24.4. The number of amides is 2. The van der Waals surface area contributed by atoms with Gasteiger partial charge in [-0.05, 0) is 55.7 Å². The first kappa shape index (κ1) is 30.5. The summed E-state index contributed by atoms with van der Waals surface area (Å²) in [6.45, 7) is 5.39. The second kappa shape index (κ2) is 13.5. The monoisotopic (exact) mass is 583 g/mol. The molecule has 7 nitrogen and oxygen atoms in total. The van der Waals surface area contributed by atoms with Gasteiger partial charge in [-0.15, -0.1) is 0 Å². The Labute approximate surface area is 248 Å². The molecule has 0 aromatic heterocycles. The van der Waals surface area contributed by atoms with Crippen molar-refractivity contribution in [1.29, 1.82) is 0 Å². The zero-order valence-corrected chi connectivity index (χ0v) is 25.3. The molecule has 218 valence electrons. The fourth-order valence-electron chi connectivity index (χ4n) is 4.93. The molecule has 1 N–H and O–H groups in total. The molecule has 1 atom stereocenters. The Bertz CT molecular complexity index is 1620. The molecule has 4 aromatic carbocycles. The molecule has 0 spiro atoms. The molecule has 4 aromatic rings. The number of nitrogens with one attached hydrogen (secondary N) is 1. The van der Waals surface area contributed by atoms with Crippen LogP contribution in [-0.4, -0.2) is 44.8 Å². The average Bonchev–Trinajstić information content (AvgIpc) is 2.99. The number of carbonyl (C=O) groups excluding carboxylic acids is 2. The second-order valence-corrected chi connectivity index (χ2v) is 12.3. The minimum absolute atomic E-state index is 0.0787. The van der Waals surface area contributed by atoms with E-state index in [1.54, 1.807) is 24.3 Å². The van der Waals surface area contributed by atoms with E-state index in [-0.39, 0.29) is 23.8 Å². The van der Waals surface area contributed by atoms with Gasteiger partial charge in [0, 0.05) is 20.0 Å². The lowest BCUT2D eigenvalue weighted by atomic mass is 10.0. The Morgan fingerprint density at radius 3 is 1.95 bits per heavy atom. The smallest absolute Gasteiger partial charge is 0.264 e. The largest absolute Gasteiger partial charge is 0.357 e. The van der Waals surface area contributed by atoms with E-state index in [4.69, 9.17) is 0 Å². The molecule has 8 heteroatoms. The summed E-state index contributed by atoms with van der Waals surface area (Å²) >= 11 is 0. The third-order valence-corrected chi connectivity index (χ3v) is 9.00. The molecule has 0 fully saturated rings. The normalized spacial score (nSPS) is 11.9. The summed E-state index contributed by atoms with van der Waals surface area (Å²) in [6.07, 6.45) is 0.271. The van der Waals surface area contributed by atoms with Gasteiger partial charge in [0.2, 0.25) is 11.8 Å². The molecule has 0 aliphatic rings. The number of rotatable bonds is 11. The Morgan fingerprint density at radius 1 is 0.762 bits per heavy atom. The van der Waals surface area contributed by atoms with E-state index in [1.807, 2.05) is 87.5 Å². The van der Waals surface area contributed by atoms with Crippen molar-refractivity contribution in [1.82, 2.24) is 10.2 Å². The van der Waals surface area contributed by atoms with Crippen LogP contribution in [0.3, 0.4) is 0 Å². The number of hydrogen-bond donors (Lipinski definition) is 1. The van der Waals surface area contributed by atoms with Crippen LogP contribution >= 0.6 is 0 Å². The van der Waals surface area contributed by atoms with Gasteiger partial charge < -0.3 is 10.2 Å². The highest BCUT2D eigenvalue weighted by Crippen LogP contribution is 2.28. The molecule has 0 bridgehead atoms. The summed E-state index contributed by atoms with van der Waals surface area (Å²) in [5.74, 6) is -0.817. The highest BCUT2D eigenvalue weighted by molar-refractivity contribution is 7.92. The van der Waals surface area contributed by atoms with Gasteiger partial charge >= 0.3 is 0 Å². The fraction of sp³-hybridized carbons (Fsp3) is 0.235. The third kappa shape index (κ3) is 7.25. The van der Waals surface area contributed by atoms with Gasteiger partial charge in [0.05, 0.1) is 10.6 Å². The van der Waals surface area contributed by atoms with E-state index in [0.29, 0.717) is 5.69 Å². The highest BCUT2D eigenvalue weighted by Gasteiger charge is 2.34. The van der Waals surface area contributed by atoms with E-state index in [1.165, 1.54) is 24.1 Å². The van der Waals surface area contributed by atoms with Crippen molar-refractivity contribution in [2.45, 2.75) is 44.7 Å². The average molecular weight is 584 g/mol. The Balaban J connectivity index is 1.80. The lowest BCUT2D eigenvalue weighted by molar-refractivity contribution is -0.139. The number of hydrogen-bond acceptors (Lipinski definition) is 4. The van der Waals surface area contributed by atoms with Gasteiger partial charge in [-0.1, -0.05) is 96.1 Å². The number of anilines is 1. The molecule has 42 heavy (non-hydrogen) atoms. The Hall–Kier alpha value is -4.43. The second-order valence-electron chi connectivity index (χ2n) is 10.4. The van der Waals surface area contributed by atoms with Gasteiger partial charge in [0.25, 0.3) is 10.0 Å². The van der Waals surface area contributed by atoms with Crippen molar-refractivity contribution in [3.63, 3.8) is 0 Å².